The summed E-state index contributed by atoms with van der Waals surface area (Å²) in [5, 5.41) is 3.94. The molecule has 0 spiro atoms. The number of benzene rings is 2. The number of unbranched alkanes of at least 4 members (excludes halogenated alkanes) is 1. The van der Waals surface area contributed by atoms with E-state index in [1.165, 1.54) is 0 Å². The van der Waals surface area contributed by atoms with Crippen LogP contribution in [-0.4, -0.2) is 24.0 Å². The zero-order chi connectivity index (χ0) is 22.1. The monoisotopic (exact) mass is 436 g/mol. The highest BCUT2D eigenvalue weighted by molar-refractivity contribution is 7.19. The fourth-order valence-corrected chi connectivity index (χ4v) is 4.11. The summed E-state index contributed by atoms with van der Waals surface area (Å²) in [6.45, 7) is 7.91. The van der Waals surface area contributed by atoms with Gasteiger partial charge in [-0.1, -0.05) is 51.5 Å². The normalized spacial score (nSPS) is 11.8. The number of nitrogens with one attached hydrogen (secondary N) is 1. The van der Waals surface area contributed by atoms with Crippen molar-refractivity contribution in [1.29, 1.82) is 0 Å². The van der Waals surface area contributed by atoms with Crippen LogP contribution in [0.15, 0.2) is 48.5 Å². The molecule has 0 unspecified atom stereocenters. The Labute approximate surface area is 189 Å². The standard InChI is InChI=1S/C26H32N2O2S/c1-4-5-16-30-22-12-10-20(11-13-22)17-21(18-25(29)27-15-14-19(2)3)26-28-23-8-6-7-9-24(23)31-26/h6-13,17,19H,4-5,14-16,18H2,1-3H3,(H,27,29)/b21-17-. The second-order valence-corrected chi connectivity index (χ2v) is 9.17. The van der Waals surface area contributed by atoms with E-state index in [2.05, 4.69) is 38.2 Å². The van der Waals surface area contributed by atoms with Gasteiger partial charge in [0, 0.05) is 6.54 Å². The van der Waals surface area contributed by atoms with Crippen molar-refractivity contribution < 1.29 is 9.53 Å². The smallest absolute Gasteiger partial charge is 0.224 e. The van der Waals surface area contributed by atoms with Crippen LogP contribution in [0.1, 0.15) is 57.0 Å². The predicted molar refractivity (Wildman–Crippen MR) is 131 cm³/mol. The lowest BCUT2D eigenvalue weighted by molar-refractivity contribution is -0.120. The van der Waals surface area contributed by atoms with Gasteiger partial charge in [-0.25, -0.2) is 4.98 Å². The van der Waals surface area contributed by atoms with Crippen LogP contribution in [0.4, 0.5) is 0 Å². The summed E-state index contributed by atoms with van der Waals surface area (Å²) in [7, 11) is 0. The van der Waals surface area contributed by atoms with E-state index >= 15 is 0 Å². The number of hydrogen-bond donors (Lipinski definition) is 1. The molecule has 0 aliphatic carbocycles. The van der Waals surface area contributed by atoms with Crippen LogP contribution >= 0.6 is 11.3 Å². The van der Waals surface area contributed by atoms with E-state index in [0.29, 0.717) is 18.9 Å². The largest absolute Gasteiger partial charge is 0.494 e. The number of carbonyl (C=O) groups excluding carboxylic acids is 1. The molecule has 3 rings (SSSR count). The lowest BCUT2D eigenvalue weighted by atomic mass is 10.1. The van der Waals surface area contributed by atoms with Crippen molar-refractivity contribution in [3.63, 3.8) is 0 Å². The molecule has 0 saturated heterocycles. The molecule has 1 aromatic heterocycles. The number of amides is 1. The number of thiazole rings is 1. The van der Waals surface area contributed by atoms with Crippen molar-refractivity contribution in [3.05, 3.63) is 59.1 Å². The van der Waals surface area contributed by atoms with E-state index in [1.807, 2.05) is 42.5 Å². The molecule has 4 nitrogen and oxygen atoms in total. The first-order chi connectivity index (χ1) is 15.0. The quantitative estimate of drug-likeness (QED) is 0.346. The molecule has 31 heavy (non-hydrogen) atoms. The lowest BCUT2D eigenvalue weighted by Gasteiger charge is -2.09. The Hall–Kier alpha value is -2.66. The van der Waals surface area contributed by atoms with Crippen LogP contribution in [0.3, 0.4) is 0 Å². The van der Waals surface area contributed by atoms with Crippen molar-refractivity contribution >= 4 is 39.1 Å². The summed E-state index contributed by atoms with van der Waals surface area (Å²) in [6, 6.07) is 16.1. The van der Waals surface area contributed by atoms with Crippen LogP contribution in [0, 0.1) is 5.92 Å². The molecule has 0 atom stereocenters. The van der Waals surface area contributed by atoms with Crippen molar-refractivity contribution in [2.24, 2.45) is 5.92 Å². The van der Waals surface area contributed by atoms with E-state index < -0.39 is 0 Å². The van der Waals surface area contributed by atoms with E-state index in [9.17, 15) is 4.79 Å². The van der Waals surface area contributed by atoms with Crippen molar-refractivity contribution in [2.45, 2.75) is 46.5 Å². The minimum Gasteiger partial charge on any atom is -0.494 e. The summed E-state index contributed by atoms with van der Waals surface area (Å²) in [5.74, 6) is 1.47. The highest BCUT2D eigenvalue weighted by Crippen LogP contribution is 2.30. The number of para-hydroxylation sites is 1. The van der Waals surface area contributed by atoms with E-state index in [1.54, 1.807) is 11.3 Å². The number of aromatic nitrogens is 1. The molecular formula is C26H32N2O2S. The maximum absolute atomic E-state index is 12.6. The number of carbonyl (C=O) groups is 1. The Morgan fingerprint density at radius 2 is 1.94 bits per heavy atom. The van der Waals surface area contributed by atoms with E-state index in [0.717, 1.165) is 58.0 Å². The fraction of sp³-hybridized carbons (Fsp3) is 0.385. The summed E-state index contributed by atoms with van der Waals surface area (Å²) >= 11 is 1.63. The Morgan fingerprint density at radius 1 is 1.16 bits per heavy atom. The molecule has 0 bridgehead atoms. The third-order valence-electron chi connectivity index (χ3n) is 4.95. The molecule has 1 N–H and O–H groups in total. The Morgan fingerprint density at radius 3 is 2.65 bits per heavy atom. The summed E-state index contributed by atoms with van der Waals surface area (Å²) < 4.78 is 6.89. The molecule has 0 fully saturated rings. The van der Waals surface area contributed by atoms with E-state index in [4.69, 9.17) is 9.72 Å². The van der Waals surface area contributed by atoms with Gasteiger partial charge in [-0.05, 0) is 60.2 Å². The van der Waals surface area contributed by atoms with Crippen LogP contribution in [-0.2, 0) is 4.79 Å². The maximum atomic E-state index is 12.6. The van der Waals surface area contributed by atoms with Crippen molar-refractivity contribution in [2.75, 3.05) is 13.2 Å². The summed E-state index contributed by atoms with van der Waals surface area (Å²) in [6.07, 6.45) is 5.52. The third kappa shape index (κ3) is 7.21. The molecule has 0 radical (unpaired) electrons. The minimum atomic E-state index is 0.0330. The Balaban J connectivity index is 1.80. The van der Waals surface area contributed by atoms with Gasteiger partial charge in [-0.15, -0.1) is 11.3 Å². The molecule has 0 saturated carbocycles. The maximum Gasteiger partial charge on any atom is 0.224 e. The zero-order valence-corrected chi connectivity index (χ0v) is 19.5. The average molecular weight is 437 g/mol. The lowest BCUT2D eigenvalue weighted by Crippen LogP contribution is -2.25. The van der Waals surface area contributed by atoms with Crippen molar-refractivity contribution in [1.82, 2.24) is 10.3 Å². The molecule has 1 amide bonds. The highest BCUT2D eigenvalue weighted by atomic mass is 32.1. The van der Waals surface area contributed by atoms with Crippen LogP contribution < -0.4 is 10.1 Å². The molecule has 0 aliphatic rings. The number of nitrogens with zero attached hydrogens (tertiary/aromatic N) is 1. The molecule has 3 aromatic rings. The van der Waals surface area contributed by atoms with Gasteiger partial charge in [0.05, 0.1) is 23.2 Å². The Kier molecular flexibility index (Phi) is 8.65. The van der Waals surface area contributed by atoms with Gasteiger partial charge >= 0.3 is 0 Å². The zero-order valence-electron chi connectivity index (χ0n) is 18.7. The molecule has 164 valence electrons. The van der Waals surface area contributed by atoms with Gasteiger partial charge in [0.2, 0.25) is 5.91 Å². The molecule has 1 heterocycles. The first kappa shape index (κ1) is 23.0. The van der Waals surface area contributed by atoms with Crippen molar-refractivity contribution in [3.8, 4) is 5.75 Å². The Bertz CT molecular complexity index is 973. The van der Waals surface area contributed by atoms with Gasteiger partial charge in [0.25, 0.3) is 0 Å². The van der Waals surface area contributed by atoms with Gasteiger partial charge < -0.3 is 10.1 Å². The number of ether oxygens (including phenoxy) is 1. The van der Waals surface area contributed by atoms with E-state index in [-0.39, 0.29) is 5.91 Å². The van der Waals surface area contributed by atoms with Gasteiger partial charge in [-0.3, -0.25) is 4.79 Å². The highest BCUT2D eigenvalue weighted by Gasteiger charge is 2.13. The minimum absolute atomic E-state index is 0.0330. The van der Waals surface area contributed by atoms with Crippen LogP contribution in [0.2, 0.25) is 0 Å². The first-order valence-corrected chi connectivity index (χ1v) is 11.9. The average Bonchev–Trinajstić information content (AvgIpc) is 3.19. The SMILES string of the molecule is CCCCOc1ccc(/C=C(/CC(=O)NCCC(C)C)c2nc3ccccc3s2)cc1. The fourth-order valence-electron chi connectivity index (χ4n) is 3.13. The van der Waals surface area contributed by atoms with Gasteiger partial charge in [-0.2, -0.15) is 0 Å². The predicted octanol–water partition coefficient (Wildman–Crippen LogP) is 6.57. The summed E-state index contributed by atoms with van der Waals surface area (Å²) in [5.41, 5.74) is 2.93. The van der Waals surface area contributed by atoms with Gasteiger partial charge in [0.15, 0.2) is 0 Å². The first-order valence-electron chi connectivity index (χ1n) is 11.1. The molecule has 2 aromatic carbocycles. The molecule has 5 heteroatoms. The second-order valence-electron chi connectivity index (χ2n) is 8.14. The topological polar surface area (TPSA) is 51.2 Å². The van der Waals surface area contributed by atoms with Gasteiger partial charge in [0.1, 0.15) is 10.8 Å². The number of hydrogen-bond acceptors (Lipinski definition) is 4. The molecule has 0 aliphatic heterocycles. The molecular weight excluding hydrogens is 404 g/mol. The number of fused-ring (bicyclic) bond motifs is 1. The summed E-state index contributed by atoms with van der Waals surface area (Å²) in [4.78, 5) is 17.4. The number of rotatable bonds is 11. The van der Waals surface area contributed by atoms with Crippen LogP contribution in [0.5, 0.6) is 5.75 Å². The second kappa shape index (κ2) is 11.7. The third-order valence-corrected chi connectivity index (χ3v) is 6.06. The van der Waals surface area contributed by atoms with Crippen LogP contribution in [0.25, 0.3) is 21.9 Å².